The molecular weight excluding hydrogens is 384 g/mol. The van der Waals surface area contributed by atoms with Crippen LogP contribution in [0, 0.1) is 6.92 Å². The zero-order chi connectivity index (χ0) is 18.8. The number of hydrogen-bond acceptors (Lipinski definition) is 7. The van der Waals surface area contributed by atoms with Crippen molar-refractivity contribution in [2.24, 2.45) is 0 Å². The Morgan fingerprint density at radius 1 is 1.33 bits per heavy atom. The van der Waals surface area contributed by atoms with Crippen molar-refractivity contribution in [3.63, 3.8) is 0 Å². The highest BCUT2D eigenvalue weighted by Crippen LogP contribution is 2.39. The first-order valence-corrected chi connectivity index (χ1v) is 10.6. The minimum atomic E-state index is -0.531. The van der Waals surface area contributed by atoms with Gasteiger partial charge in [-0.05, 0) is 62.4 Å². The molecule has 146 valence electrons. The summed E-state index contributed by atoms with van der Waals surface area (Å²) in [4.78, 5) is 5.50. The second-order valence-corrected chi connectivity index (χ2v) is 8.46. The van der Waals surface area contributed by atoms with Crippen LogP contribution >= 0.6 is 23.1 Å². The lowest BCUT2D eigenvalue weighted by molar-refractivity contribution is -0.0135. The standard InChI is InChI=1S/C19H25ClN4O2S/c1-11-18(12-2-5-21-6-3-12)24-27-19(11)13-8-17(22-9-14(13)20)23-15-4-7-26-10-16(15)25/h8-9,12,15-16,21,25H,2-7,10H2,1H3,(H,22,23)/t15-,16-/m1/s1. The third-order valence-electron chi connectivity index (χ3n) is 5.45. The van der Waals surface area contributed by atoms with E-state index in [1.165, 1.54) is 22.8 Å². The van der Waals surface area contributed by atoms with Crippen LogP contribution in [0.3, 0.4) is 0 Å². The number of pyridine rings is 1. The molecular formula is C19H25ClN4O2S. The van der Waals surface area contributed by atoms with Crippen LogP contribution < -0.4 is 10.6 Å². The lowest BCUT2D eigenvalue weighted by atomic mass is 9.91. The Labute approximate surface area is 168 Å². The van der Waals surface area contributed by atoms with E-state index in [-0.39, 0.29) is 6.04 Å². The Hall–Kier alpha value is -1.25. The molecule has 4 heterocycles. The maximum Gasteiger partial charge on any atom is 0.126 e. The quantitative estimate of drug-likeness (QED) is 0.721. The first-order chi connectivity index (χ1) is 13.1. The highest BCUT2D eigenvalue weighted by molar-refractivity contribution is 7.10. The van der Waals surface area contributed by atoms with Gasteiger partial charge in [0.1, 0.15) is 5.82 Å². The van der Waals surface area contributed by atoms with E-state index in [0.717, 1.165) is 48.6 Å². The topological polar surface area (TPSA) is 79.3 Å². The van der Waals surface area contributed by atoms with E-state index in [4.69, 9.17) is 20.7 Å². The van der Waals surface area contributed by atoms with Crippen LogP contribution in [-0.4, -0.2) is 52.9 Å². The Morgan fingerprint density at radius 2 is 2.15 bits per heavy atom. The molecule has 27 heavy (non-hydrogen) atoms. The third kappa shape index (κ3) is 4.12. The average Bonchev–Trinajstić information content (AvgIpc) is 3.07. The molecule has 2 aromatic rings. The van der Waals surface area contributed by atoms with Crippen molar-refractivity contribution in [1.29, 1.82) is 0 Å². The lowest BCUT2D eigenvalue weighted by Gasteiger charge is -2.29. The monoisotopic (exact) mass is 408 g/mol. The molecule has 2 atom stereocenters. The van der Waals surface area contributed by atoms with E-state index in [2.05, 4.69) is 22.5 Å². The van der Waals surface area contributed by atoms with Crippen LogP contribution in [0.5, 0.6) is 0 Å². The van der Waals surface area contributed by atoms with Crippen molar-refractivity contribution >= 4 is 29.0 Å². The molecule has 0 bridgehead atoms. The van der Waals surface area contributed by atoms with Crippen molar-refractivity contribution in [1.82, 2.24) is 14.7 Å². The first-order valence-electron chi connectivity index (χ1n) is 9.48. The number of aliphatic hydroxyl groups is 1. The van der Waals surface area contributed by atoms with Gasteiger partial charge in [0.15, 0.2) is 0 Å². The zero-order valence-corrected chi connectivity index (χ0v) is 16.9. The highest BCUT2D eigenvalue weighted by atomic mass is 35.5. The number of aliphatic hydroxyl groups excluding tert-OH is 1. The molecule has 6 nitrogen and oxygen atoms in total. The summed E-state index contributed by atoms with van der Waals surface area (Å²) >= 11 is 7.99. The van der Waals surface area contributed by atoms with E-state index in [1.807, 2.05) is 6.07 Å². The van der Waals surface area contributed by atoms with Crippen LogP contribution in [-0.2, 0) is 4.74 Å². The van der Waals surface area contributed by atoms with Crippen molar-refractivity contribution in [2.75, 3.05) is 31.6 Å². The summed E-state index contributed by atoms with van der Waals surface area (Å²) in [5.41, 5.74) is 3.38. The summed E-state index contributed by atoms with van der Waals surface area (Å²) in [6.07, 6.45) is 4.15. The van der Waals surface area contributed by atoms with Gasteiger partial charge < -0.3 is 20.5 Å². The second kappa shape index (κ2) is 8.41. The maximum absolute atomic E-state index is 10.1. The molecule has 2 saturated heterocycles. The van der Waals surface area contributed by atoms with Crippen molar-refractivity contribution < 1.29 is 9.84 Å². The fourth-order valence-electron chi connectivity index (χ4n) is 3.85. The Kier molecular flexibility index (Phi) is 5.94. The number of anilines is 1. The van der Waals surface area contributed by atoms with E-state index in [0.29, 0.717) is 24.2 Å². The van der Waals surface area contributed by atoms with Gasteiger partial charge in [0.2, 0.25) is 0 Å². The fourth-order valence-corrected chi connectivity index (χ4v) is 5.09. The molecule has 8 heteroatoms. The zero-order valence-electron chi connectivity index (χ0n) is 15.4. The molecule has 0 radical (unpaired) electrons. The number of piperidine rings is 1. The summed E-state index contributed by atoms with van der Waals surface area (Å²) in [5.74, 6) is 1.24. The summed E-state index contributed by atoms with van der Waals surface area (Å²) in [5, 5.41) is 17.5. The van der Waals surface area contributed by atoms with Gasteiger partial charge in [-0.25, -0.2) is 4.98 Å². The van der Waals surface area contributed by atoms with Crippen LogP contribution in [0.1, 0.15) is 36.4 Å². The molecule has 0 aromatic carbocycles. The molecule has 0 amide bonds. The largest absolute Gasteiger partial charge is 0.389 e. The summed E-state index contributed by atoms with van der Waals surface area (Å²) in [6.45, 7) is 5.24. The van der Waals surface area contributed by atoms with Gasteiger partial charge in [-0.3, -0.25) is 0 Å². The molecule has 2 fully saturated rings. The SMILES string of the molecule is Cc1c(C2CCNCC2)nsc1-c1cc(N[C@@H]2CCOC[C@H]2O)ncc1Cl. The maximum atomic E-state index is 10.1. The first kappa shape index (κ1) is 19.1. The van der Waals surface area contributed by atoms with Crippen LogP contribution in [0.25, 0.3) is 10.4 Å². The number of ether oxygens (including phenoxy) is 1. The van der Waals surface area contributed by atoms with Gasteiger partial charge in [-0.1, -0.05) is 11.6 Å². The minimum Gasteiger partial charge on any atom is -0.389 e. The molecule has 0 aliphatic carbocycles. The predicted molar refractivity (Wildman–Crippen MR) is 109 cm³/mol. The fraction of sp³-hybridized carbons (Fsp3) is 0.579. The lowest BCUT2D eigenvalue weighted by Crippen LogP contribution is -2.42. The third-order valence-corrected chi connectivity index (χ3v) is 6.74. The molecule has 4 rings (SSSR count). The normalized spacial score (nSPS) is 24.1. The van der Waals surface area contributed by atoms with E-state index < -0.39 is 6.10 Å². The molecule has 0 unspecified atom stereocenters. The van der Waals surface area contributed by atoms with Crippen LogP contribution in [0.15, 0.2) is 12.3 Å². The number of halogens is 1. The van der Waals surface area contributed by atoms with E-state index >= 15 is 0 Å². The number of rotatable bonds is 4. The van der Waals surface area contributed by atoms with Crippen LogP contribution in [0.2, 0.25) is 5.02 Å². The molecule has 0 saturated carbocycles. The Bertz CT molecular complexity index is 794. The second-order valence-electron chi connectivity index (χ2n) is 7.28. The Balaban J connectivity index is 1.59. The predicted octanol–water partition coefficient (Wildman–Crippen LogP) is 3.20. The molecule has 2 aliphatic heterocycles. The van der Waals surface area contributed by atoms with Gasteiger partial charge in [0, 0.05) is 24.3 Å². The van der Waals surface area contributed by atoms with Crippen molar-refractivity contribution in [2.45, 2.75) is 44.2 Å². The highest BCUT2D eigenvalue weighted by Gasteiger charge is 2.25. The van der Waals surface area contributed by atoms with E-state index in [9.17, 15) is 5.11 Å². The van der Waals surface area contributed by atoms with Gasteiger partial charge in [0.25, 0.3) is 0 Å². The Morgan fingerprint density at radius 3 is 2.93 bits per heavy atom. The summed E-state index contributed by atoms with van der Waals surface area (Å²) < 4.78 is 10.1. The van der Waals surface area contributed by atoms with Gasteiger partial charge in [-0.15, -0.1) is 0 Å². The van der Waals surface area contributed by atoms with Crippen molar-refractivity contribution in [3.05, 3.63) is 28.5 Å². The summed E-state index contributed by atoms with van der Waals surface area (Å²) in [6, 6.07) is 1.91. The smallest absolute Gasteiger partial charge is 0.126 e. The average molecular weight is 409 g/mol. The van der Waals surface area contributed by atoms with Crippen LogP contribution in [0.4, 0.5) is 5.82 Å². The van der Waals surface area contributed by atoms with Gasteiger partial charge in [0.05, 0.1) is 34.3 Å². The minimum absolute atomic E-state index is 0.0619. The number of nitrogens with one attached hydrogen (secondary N) is 2. The van der Waals surface area contributed by atoms with Gasteiger partial charge >= 0.3 is 0 Å². The summed E-state index contributed by atoms with van der Waals surface area (Å²) in [7, 11) is 0. The number of nitrogens with zero attached hydrogens (tertiary/aromatic N) is 2. The molecule has 3 N–H and O–H groups in total. The van der Waals surface area contributed by atoms with Crippen molar-refractivity contribution in [3.8, 4) is 10.4 Å². The number of hydrogen-bond donors (Lipinski definition) is 3. The molecule has 0 spiro atoms. The van der Waals surface area contributed by atoms with E-state index in [1.54, 1.807) is 6.20 Å². The number of aromatic nitrogens is 2. The molecule has 2 aromatic heterocycles. The van der Waals surface area contributed by atoms with Gasteiger partial charge in [-0.2, -0.15) is 4.37 Å². The molecule has 2 aliphatic rings.